The number of aliphatic hydroxyl groups is 7. The maximum absolute atomic E-state index is 14.5. The van der Waals surface area contributed by atoms with Crippen LogP contribution in [0.2, 0.25) is 0 Å². The summed E-state index contributed by atoms with van der Waals surface area (Å²) in [6.45, 7) is 1.88. The molecule has 0 fully saturated rings. The molecule has 29 heteroatoms. The first-order valence-corrected chi connectivity index (χ1v) is 29.6. The van der Waals surface area contributed by atoms with E-state index >= 15 is 0 Å². The molecule has 0 saturated heterocycles. The van der Waals surface area contributed by atoms with Crippen LogP contribution < -0.4 is 27.1 Å². The Balaban J connectivity index is 0.750. The minimum Gasteiger partial charge on any atom is -0.508 e. The Hall–Kier alpha value is -10.8. The van der Waals surface area contributed by atoms with Gasteiger partial charge in [-0.15, -0.1) is 0 Å². The number of esters is 2. The van der Waals surface area contributed by atoms with Crippen molar-refractivity contribution in [3.8, 4) is 17.2 Å². The monoisotopic (exact) mass is 1320 g/mol. The number of ketones is 4. The van der Waals surface area contributed by atoms with Crippen molar-refractivity contribution in [3.05, 3.63) is 189 Å². The lowest BCUT2D eigenvalue weighted by Crippen LogP contribution is -2.68. The number of phenols is 2. The van der Waals surface area contributed by atoms with E-state index in [1.807, 2.05) is 0 Å². The second-order valence-electron chi connectivity index (χ2n) is 24.7. The van der Waals surface area contributed by atoms with Crippen molar-refractivity contribution in [2.45, 2.75) is 67.3 Å². The summed E-state index contributed by atoms with van der Waals surface area (Å²) in [7, 11) is 5.43. The number of aromatic hydroxyl groups is 2. The minimum atomic E-state index is -3.24. The number of primary amides is 2. The smallest absolute Gasteiger partial charge is 0.379 e. The lowest BCUT2D eigenvalue weighted by Gasteiger charge is -2.53. The maximum atomic E-state index is 14.5. The standard InChI is InChI=1S/C67H58N4O25/c1-23-26-11-7-13-28(73)40(26)52(77)44-38(23)54(79)48-50(70(3)4)56(46(62(68)85)60(83)66(48,89)58(44)81)95-64(87)36-19-30(75)42-32(15-9-17-34(42)93-36)91-21-25(72)22-92-33-16-10-18-35-43(33)31(76)20-37(94-35)65(88)96-57-47(63(69)86)61(84)67(90)49(51(57)71(5)6)55(80)39-24(2)27-12-8-14-29(74)41(27)53(78)45(39)59(67)82/h7-9,11-15,17-20,23-25,38-39,48-51,54-55,72-74,79-82,89-90H,21-22H2,1-6H3,(H2,68,85)(H2,69,86). The summed E-state index contributed by atoms with van der Waals surface area (Å²) in [5.74, 6) is -27.2. The number of phenolic OH excluding ortho intramolecular Hbond substituents is 2. The number of Topliss-reactive ketones (excluding diaryl/α,β-unsaturated/α-hetero) is 4. The third kappa shape index (κ3) is 9.49. The summed E-state index contributed by atoms with van der Waals surface area (Å²) in [4.78, 5) is 142. The number of carbonyl (C=O) groups is 8. The van der Waals surface area contributed by atoms with Crippen LogP contribution in [0.25, 0.3) is 22.8 Å². The summed E-state index contributed by atoms with van der Waals surface area (Å²) in [5.41, 5.74) is 4.03. The Kier molecular flexibility index (Phi) is 15.8. The van der Waals surface area contributed by atoms with Crippen LogP contribution in [0, 0.1) is 23.7 Å². The predicted molar refractivity (Wildman–Crippen MR) is 325 cm³/mol. The number of hydrogen-bond acceptors (Lipinski definition) is 27. The summed E-state index contributed by atoms with van der Waals surface area (Å²) in [6, 6.07) is 10.3. The number of aliphatic hydroxyl groups excluding tert-OH is 5. The highest BCUT2D eigenvalue weighted by molar-refractivity contribution is 6.26. The molecule has 5 aromatic rings. The third-order valence-electron chi connectivity index (χ3n) is 18.9. The molecule has 3 aromatic carbocycles. The fourth-order valence-corrected chi connectivity index (χ4v) is 14.7. The number of nitrogens with two attached hydrogens (primary N) is 2. The van der Waals surface area contributed by atoms with Crippen LogP contribution in [0.5, 0.6) is 17.2 Å². The SMILES string of the molecule is CC1c2cccc(O)c2C(=O)C2=C(O)C3(O)C(=O)C(C(N)=O)=C(OC(=O)c4cc(=O)c5c(o4)C=C=C=C5OCC(O)COc4cccc5oc(C(=O)OC6=C(C(N)=O)C(=O)C7(O)C(O)=C8C(=O)c9c(O)cccc9C(C)C8C(O)C7C6N(C)C)cc(=O)c45)C(N(C)C)C3C(O)C21. The van der Waals surface area contributed by atoms with Crippen LogP contribution >= 0.6 is 0 Å². The maximum Gasteiger partial charge on any atom is 0.379 e. The zero-order valence-corrected chi connectivity index (χ0v) is 51.3. The fourth-order valence-electron chi connectivity index (χ4n) is 14.7. The number of amides is 2. The molecular formula is C67H58N4O25. The van der Waals surface area contributed by atoms with Gasteiger partial charge in [-0.25, -0.2) is 9.59 Å². The van der Waals surface area contributed by atoms with Gasteiger partial charge in [-0.1, -0.05) is 49.9 Å². The van der Waals surface area contributed by atoms with Crippen LogP contribution in [-0.2, 0) is 33.4 Å². The zero-order valence-electron chi connectivity index (χ0n) is 51.3. The molecule has 29 nitrogen and oxygen atoms in total. The van der Waals surface area contributed by atoms with E-state index in [0.717, 1.165) is 6.08 Å². The van der Waals surface area contributed by atoms with Crippen molar-refractivity contribution < 1.29 is 112 Å². The molecular weight excluding hydrogens is 1260 g/mol. The van der Waals surface area contributed by atoms with Gasteiger partial charge in [0.2, 0.25) is 23.1 Å². The van der Waals surface area contributed by atoms with Gasteiger partial charge < -0.3 is 85.2 Å². The Bertz CT molecular complexity index is 4780. The molecule has 96 heavy (non-hydrogen) atoms. The third-order valence-corrected chi connectivity index (χ3v) is 18.9. The molecule has 2 aromatic heterocycles. The van der Waals surface area contributed by atoms with Crippen LogP contribution in [0.4, 0.5) is 0 Å². The number of fused-ring (bicyclic) bond motifs is 8. The average molecular weight is 1320 g/mol. The van der Waals surface area contributed by atoms with E-state index in [4.69, 9.17) is 39.2 Å². The molecule has 2 heterocycles. The number of nitrogens with zero attached hydrogens (tertiary/aromatic N) is 2. The van der Waals surface area contributed by atoms with Crippen molar-refractivity contribution >= 4 is 69.7 Å². The number of rotatable bonds is 14. The van der Waals surface area contributed by atoms with Gasteiger partial charge in [-0.3, -0.25) is 48.2 Å². The molecule has 0 spiro atoms. The molecule has 0 aliphatic heterocycles. The molecule has 2 amide bonds. The summed E-state index contributed by atoms with van der Waals surface area (Å²) < 4.78 is 34.4. The van der Waals surface area contributed by atoms with Gasteiger partial charge in [0.15, 0.2) is 45.1 Å². The Labute approximate surface area is 539 Å². The van der Waals surface area contributed by atoms with Crippen LogP contribution in [0.3, 0.4) is 0 Å². The fraction of sp³-hybridized carbons (Fsp3) is 0.313. The van der Waals surface area contributed by atoms with Crippen molar-refractivity contribution in [3.63, 3.8) is 0 Å². The van der Waals surface area contributed by atoms with E-state index in [9.17, 15) is 93.9 Å². The molecule has 13 N–H and O–H groups in total. The zero-order chi connectivity index (χ0) is 69.5. The second-order valence-corrected chi connectivity index (χ2v) is 24.7. The lowest BCUT2D eigenvalue weighted by molar-refractivity contribution is -0.162. The van der Waals surface area contributed by atoms with Gasteiger partial charge in [0.05, 0.1) is 47.3 Å². The van der Waals surface area contributed by atoms with Gasteiger partial charge in [-0.2, -0.15) is 0 Å². The summed E-state index contributed by atoms with van der Waals surface area (Å²) in [5, 5.41) is 105. The van der Waals surface area contributed by atoms with E-state index in [1.54, 1.807) is 13.8 Å². The van der Waals surface area contributed by atoms with Gasteiger partial charge in [0.25, 0.3) is 11.8 Å². The molecule has 0 bridgehead atoms. The van der Waals surface area contributed by atoms with Crippen molar-refractivity contribution in [2.75, 3.05) is 41.4 Å². The van der Waals surface area contributed by atoms with Crippen molar-refractivity contribution in [1.82, 2.24) is 9.80 Å². The van der Waals surface area contributed by atoms with Crippen LogP contribution in [0.15, 0.2) is 142 Å². The predicted octanol–water partition coefficient (Wildman–Crippen LogP) is 0.854. The lowest BCUT2D eigenvalue weighted by atomic mass is 9.55. The van der Waals surface area contributed by atoms with Gasteiger partial charge in [0, 0.05) is 41.2 Å². The van der Waals surface area contributed by atoms with E-state index in [0.29, 0.717) is 12.1 Å². The average Bonchev–Trinajstić information content (AvgIpc) is 0.693. The number of hydrogen-bond donors (Lipinski definition) is 11. The second kappa shape index (κ2) is 23.3. The molecule has 0 saturated carbocycles. The number of benzene rings is 3. The summed E-state index contributed by atoms with van der Waals surface area (Å²) >= 11 is 0. The normalized spacial score (nSPS) is 27.5. The first-order valence-electron chi connectivity index (χ1n) is 29.6. The van der Waals surface area contributed by atoms with Crippen LogP contribution in [-0.4, -0.2) is 186 Å². The quantitative estimate of drug-likeness (QED) is 0.0417. The van der Waals surface area contributed by atoms with Crippen LogP contribution in [0.1, 0.15) is 90.0 Å². The molecule has 7 aliphatic carbocycles. The van der Waals surface area contributed by atoms with Gasteiger partial charge in [0.1, 0.15) is 87.3 Å². The first kappa shape index (κ1) is 65.2. The molecule has 13 atom stereocenters. The van der Waals surface area contributed by atoms with Gasteiger partial charge in [-0.05, 0) is 81.2 Å². The highest BCUT2D eigenvalue weighted by Crippen LogP contribution is 2.58. The molecule has 13 unspecified atom stereocenters. The highest BCUT2D eigenvalue weighted by atomic mass is 16.6. The molecule has 7 aliphatic rings. The number of likely N-dealkylation sites (N-methyl/N-ethyl adjacent to an activating group) is 2. The highest BCUT2D eigenvalue weighted by Gasteiger charge is 2.70. The molecule has 12 rings (SSSR count). The summed E-state index contributed by atoms with van der Waals surface area (Å²) in [6.07, 6.45) is -4.30. The minimum absolute atomic E-state index is 0.202. The first-order chi connectivity index (χ1) is 45.3. The van der Waals surface area contributed by atoms with E-state index in [-0.39, 0.29) is 56.1 Å². The number of carbonyl (C=O) groups excluding carboxylic acids is 8. The number of ether oxygens (including phenoxy) is 4. The van der Waals surface area contributed by atoms with E-state index in [2.05, 4.69) is 11.5 Å². The van der Waals surface area contributed by atoms with E-state index < -0.39 is 216 Å². The topological polar surface area (TPSA) is 474 Å². The van der Waals surface area contributed by atoms with Gasteiger partial charge >= 0.3 is 11.9 Å². The Morgan fingerprint density at radius 2 is 1.07 bits per heavy atom. The molecule has 496 valence electrons. The largest absolute Gasteiger partial charge is 0.508 e. The molecule has 0 radical (unpaired) electrons. The van der Waals surface area contributed by atoms with Crippen molar-refractivity contribution in [1.29, 1.82) is 0 Å². The van der Waals surface area contributed by atoms with Crippen molar-refractivity contribution in [2.24, 2.45) is 35.1 Å². The Morgan fingerprint density at radius 1 is 0.625 bits per heavy atom. The Morgan fingerprint density at radius 3 is 1.54 bits per heavy atom. The van der Waals surface area contributed by atoms with E-state index in [1.165, 1.54) is 92.6 Å².